The van der Waals surface area contributed by atoms with Gasteiger partial charge in [-0.2, -0.15) is 0 Å². The molecule has 0 unspecified atom stereocenters. The molecule has 0 bridgehead atoms. The molecule has 1 heterocycles. The number of nitrogens with zero attached hydrogens (tertiary/aromatic N) is 2. The lowest BCUT2D eigenvalue weighted by Gasteiger charge is -2.11. The maximum atomic E-state index is 12.5. The molecule has 0 aliphatic carbocycles. The van der Waals surface area contributed by atoms with E-state index in [1.54, 1.807) is 30.3 Å². The number of rotatable bonds is 5. The van der Waals surface area contributed by atoms with Crippen LogP contribution < -0.4 is 16.0 Å². The molecule has 7 heteroatoms. The Balaban J connectivity index is 1.71. The summed E-state index contributed by atoms with van der Waals surface area (Å²) < 4.78 is 0. The van der Waals surface area contributed by atoms with Gasteiger partial charge in [-0.15, -0.1) is 0 Å². The Morgan fingerprint density at radius 3 is 2.25 bits per heavy atom. The number of amides is 2. The van der Waals surface area contributed by atoms with E-state index in [-0.39, 0.29) is 17.5 Å². The van der Waals surface area contributed by atoms with Crippen LogP contribution in [-0.4, -0.2) is 21.8 Å². The average molecular weight is 375 g/mol. The van der Waals surface area contributed by atoms with E-state index in [2.05, 4.69) is 25.9 Å². The van der Waals surface area contributed by atoms with Crippen molar-refractivity contribution in [1.82, 2.24) is 9.97 Å². The van der Waals surface area contributed by atoms with Crippen LogP contribution in [0, 0.1) is 13.8 Å². The molecule has 0 aliphatic heterocycles. The normalized spacial score (nSPS) is 10.2. The van der Waals surface area contributed by atoms with Crippen LogP contribution in [0.2, 0.25) is 0 Å². The van der Waals surface area contributed by atoms with E-state index in [0.717, 1.165) is 11.3 Å². The van der Waals surface area contributed by atoms with Gasteiger partial charge in [0.25, 0.3) is 5.91 Å². The van der Waals surface area contributed by atoms with Crippen molar-refractivity contribution in [3.8, 4) is 0 Å². The Hall–Kier alpha value is -3.74. The van der Waals surface area contributed by atoms with Crippen molar-refractivity contribution in [3.05, 3.63) is 71.7 Å². The third-order valence-electron chi connectivity index (χ3n) is 4.23. The summed E-state index contributed by atoms with van der Waals surface area (Å²) in [7, 11) is 0. The van der Waals surface area contributed by atoms with Gasteiger partial charge in [-0.05, 0) is 55.3 Å². The molecule has 0 spiro atoms. The van der Waals surface area contributed by atoms with Gasteiger partial charge in [-0.3, -0.25) is 9.59 Å². The first kappa shape index (κ1) is 19.0. The number of carbonyl (C=O) groups excluding carboxylic acids is 2. The Bertz CT molecular complexity index is 1020. The lowest BCUT2D eigenvalue weighted by atomic mass is 10.1. The molecular weight excluding hydrogens is 354 g/mol. The minimum Gasteiger partial charge on any atom is -0.340 e. The lowest BCUT2D eigenvalue weighted by molar-refractivity contribution is -0.114. The first-order valence-corrected chi connectivity index (χ1v) is 8.76. The van der Waals surface area contributed by atoms with Crippen LogP contribution in [0.4, 0.5) is 22.9 Å². The highest BCUT2D eigenvalue weighted by Gasteiger charge is 2.10. The van der Waals surface area contributed by atoms with Gasteiger partial charge < -0.3 is 16.0 Å². The van der Waals surface area contributed by atoms with Gasteiger partial charge >= 0.3 is 0 Å². The molecule has 0 saturated heterocycles. The number of carbonyl (C=O) groups is 2. The molecule has 7 nitrogen and oxygen atoms in total. The number of anilines is 4. The topological polar surface area (TPSA) is 96.0 Å². The third-order valence-corrected chi connectivity index (χ3v) is 4.23. The van der Waals surface area contributed by atoms with Crippen molar-refractivity contribution in [2.45, 2.75) is 20.8 Å². The van der Waals surface area contributed by atoms with Crippen LogP contribution in [-0.2, 0) is 4.79 Å². The van der Waals surface area contributed by atoms with Crippen molar-refractivity contribution in [3.63, 3.8) is 0 Å². The van der Waals surface area contributed by atoms with E-state index in [9.17, 15) is 9.59 Å². The number of aromatic nitrogens is 2. The predicted molar refractivity (Wildman–Crippen MR) is 110 cm³/mol. The molecular formula is C21H21N5O2. The quantitative estimate of drug-likeness (QED) is 0.625. The molecule has 0 aliphatic rings. The highest BCUT2D eigenvalue weighted by Crippen LogP contribution is 2.22. The second-order valence-electron chi connectivity index (χ2n) is 6.37. The fraction of sp³-hybridized carbons (Fsp3) is 0.143. The molecule has 0 radical (unpaired) electrons. The molecule has 2 amide bonds. The number of benzene rings is 2. The van der Waals surface area contributed by atoms with E-state index in [1.165, 1.54) is 18.8 Å². The Morgan fingerprint density at radius 2 is 1.57 bits per heavy atom. The summed E-state index contributed by atoms with van der Waals surface area (Å²) in [5, 5.41) is 8.68. The van der Waals surface area contributed by atoms with Gasteiger partial charge in [0.1, 0.15) is 17.8 Å². The summed E-state index contributed by atoms with van der Waals surface area (Å²) in [6.07, 6.45) is 1.35. The van der Waals surface area contributed by atoms with Gasteiger partial charge in [-0.25, -0.2) is 9.97 Å². The minimum absolute atomic E-state index is 0.151. The fourth-order valence-electron chi connectivity index (χ4n) is 2.61. The number of hydrogen-bond acceptors (Lipinski definition) is 5. The predicted octanol–water partition coefficient (Wildman–Crippen LogP) is 4.05. The number of nitrogens with one attached hydrogen (secondary N) is 3. The van der Waals surface area contributed by atoms with E-state index in [0.29, 0.717) is 17.2 Å². The maximum Gasteiger partial charge on any atom is 0.274 e. The summed E-state index contributed by atoms with van der Waals surface area (Å²) in [5.74, 6) is 0.0372. The molecule has 142 valence electrons. The fourth-order valence-corrected chi connectivity index (χ4v) is 2.61. The van der Waals surface area contributed by atoms with Crippen LogP contribution in [0.5, 0.6) is 0 Å². The Labute approximate surface area is 163 Å². The Kier molecular flexibility index (Phi) is 5.64. The van der Waals surface area contributed by atoms with E-state index in [1.807, 2.05) is 32.0 Å². The summed E-state index contributed by atoms with van der Waals surface area (Å²) in [4.78, 5) is 31.8. The second kappa shape index (κ2) is 8.30. The second-order valence-corrected chi connectivity index (χ2v) is 6.37. The van der Waals surface area contributed by atoms with Gasteiger partial charge in [0, 0.05) is 30.1 Å². The first-order chi connectivity index (χ1) is 13.4. The SMILES string of the molecule is CC(=O)Nc1ccc(NC(=O)c2cc(Nc3cccc(C)c3C)ncn2)cc1. The van der Waals surface area contributed by atoms with Crippen molar-refractivity contribution in [2.75, 3.05) is 16.0 Å². The zero-order chi connectivity index (χ0) is 20.1. The molecule has 3 N–H and O–H groups in total. The molecule has 0 saturated carbocycles. The number of hydrogen-bond donors (Lipinski definition) is 3. The summed E-state index contributed by atoms with van der Waals surface area (Å²) >= 11 is 0. The smallest absolute Gasteiger partial charge is 0.274 e. The van der Waals surface area contributed by atoms with E-state index in [4.69, 9.17) is 0 Å². The minimum atomic E-state index is -0.348. The number of aryl methyl sites for hydroxylation is 1. The van der Waals surface area contributed by atoms with Crippen LogP contribution in [0.1, 0.15) is 28.5 Å². The monoisotopic (exact) mass is 375 g/mol. The van der Waals surface area contributed by atoms with E-state index >= 15 is 0 Å². The summed E-state index contributed by atoms with van der Waals surface area (Å²) in [6.45, 7) is 5.50. The molecule has 3 rings (SSSR count). The van der Waals surface area contributed by atoms with Gasteiger partial charge in [0.05, 0.1) is 0 Å². The van der Waals surface area contributed by atoms with Gasteiger partial charge in [-0.1, -0.05) is 12.1 Å². The standard InChI is InChI=1S/C21H21N5O2/c1-13-5-4-6-18(14(13)2)26-20-11-19(22-12-23-20)21(28)25-17-9-7-16(8-10-17)24-15(3)27/h4-12H,1-3H3,(H,24,27)(H,25,28)(H,22,23,26). The van der Waals surface area contributed by atoms with Crippen LogP contribution in [0.15, 0.2) is 54.9 Å². The summed E-state index contributed by atoms with van der Waals surface area (Å²) in [5.41, 5.74) is 4.72. The van der Waals surface area contributed by atoms with Gasteiger partial charge in [0.2, 0.25) is 5.91 Å². The average Bonchev–Trinajstić information content (AvgIpc) is 2.67. The van der Waals surface area contributed by atoms with Crippen LogP contribution in [0.25, 0.3) is 0 Å². The Morgan fingerprint density at radius 1 is 0.893 bits per heavy atom. The third kappa shape index (κ3) is 4.70. The molecule has 1 aromatic heterocycles. The highest BCUT2D eigenvalue weighted by molar-refractivity contribution is 6.03. The molecule has 2 aromatic carbocycles. The summed E-state index contributed by atoms with van der Waals surface area (Å²) in [6, 6.07) is 14.4. The molecule has 0 atom stereocenters. The maximum absolute atomic E-state index is 12.5. The van der Waals surface area contributed by atoms with Crippen molar-refractivity contribution in [2.24, 2.45) is 0 Å². The molecule has 3 aromatic rings. The molecule has 0 fully saturated rings. The largest absolute Gasteiger partial charge is 0.340 e. The van der Waals surface area contributed by atoms with Crippen LogP contribution in [0.3, 0.4) is 0 Å². The van der Waals surface area contributed by atoms with E-state index < -0.39 is 0 Å². The molecule has 28 heavy (non-hydrogen) atoms. The van der Waals surface area contributed by atoms with Crippen LogP contribution >= 0.6 is 0 Å². The first-order valence-electron chi connectivity index (χ1n) is 8.76. The van der Waals surface area contributed by atoms with Crippen molar-refractivity contribution >= 4 is 34.7 Å². The lowest BCUT2D eigenvalue weighted by Crippen LogP contribution is -2.14. The zero-order valence-electron chi connectivity index (χ0n) is 15.9. The van der Waals surface area contributed by atoms with Crippen molar-refractivity contribution in [1.29, 1.82) is 0 Å². The highest BCUT2D eigenvalue weighted by atomic mass is 16.2. The van der Waals surface area contributed by atoms with Gasteiger partial charge in [0.15, 0.2) is 0 Å². The zero-order valence-corrected chi connectivity index (χ0v) is 15.9. The van der Waals surface area contributed by atoms with Crippen molar-refractivity contribution < 1.29 is 9.59 Å².